The number of piperazine rings is 1. The molecule has 0 N–H and O–H groups in total. The first-order valence-corrected chi connectivity index (χ1v) is 9.66. The number of hydrogen-bond donors (Lipinski definition) is 0. The lowest BCUT2D eigenvalue weighted by molar-refractivity contribution is -0.138. The fourth-order valence-electron chi connectivity index (χ4n) is 3.72. The summed E-state index contributed by atoms with van der Waals surface area (Å²) in [5.74, 6) is 0.201. The minimum atomic E-state index is -0.266. The number of amides is 2. The Hall–Kier alpha value is -3.19. The molecule has 1 aromatic carbocycles. The zero-order valence-electron chi connectivity index (χ0n) is 16.7. The van der Waals surface area contributed by atoms with Gasteiger partial charge in [-0.1, -0.05) is 18.2 Å². The van der Waals surface area contributed by atoms with Crippen LogP contribution in [0.1, 0.15) is 11.1 Å². The van der Waals surface area contributed by atoms with Crippen molar-refractivity contribution < 1.29 is 14.3 Å². The molecule has 0 atom stereocenters. The van der Waals surface area contributed by atoms with Crippen molar-refractivity contribution in [2.75, 3.05) is 40.3 Å². The summed E-state index contributed by atoms with van der Waals surface area (Å²) in [6.45, 7) is 3.34. The third-order valence-electron chi connectivity index (χ3n) is 5.41. The number of methoxy groups -OCH3 is 1. The van der Waals surface area contributed by atoms with Crippen molar-refractivity contribution in [3.63, 3.8) is 0 Å². The van der Waals surface area contributed by atoms with Crippen LogP contribution >= 0.6 is 0 Å². The third-order valence-corrected chi connectivity index (χ3v) is 5.41. The molecule has 1 fully saturated rings. The van der Waals surface area contributed by atoms with Crippen LogP contribution in [0.5, 0.6) is 5.75 Å². The monoisotopic (exact) mass is 392 g/mol. The van der Waals surface area contributed by atoms with Crippen molar-refractivity contribution in [1.82, 2.24) is 19.7 Å². The number of nitrogens with zero attached hydrogens (tertiary/aromatic N) is 4. The van der Waals surface area contributed by atoms with Gasteiger partial charge in [0.05, 0.1) is 19.2 Å². The van der Waals surface area contributed by atoms with Gasteiger partial charge in [0, 0.05) is 38.6 Å². The number of imide groups is 1. The molecule has 4 rings (SSSR count). The van der Waals surface area contributed by atoms with Crippen molar-refractivity contribution in [3.8, 4) is 5.75 Å². The van der Waals surface area contributed by atoms with Gasteiger partial charge in [-0.05, 0) is 36.4 Å². The minimum absolute atomic E-state index is 0.211. The van der Waals surface area contributed by atoms with Gasteiger partial charge in [-0.25, -0.2) is 0 Å². The van der Waals surface area contributed by atoms with Gasteiger partial charge in [0.25, 0.3) is 11.8 Å². The Morgan fingerprint density at radius 1 is 1.00 bits per heavy atom. The number of hydrogen-bond acceptors (Lipinski definition) is 6. The summed E-state index contributed by atoms with van der Waals surface area (Å²) in [5, 5.41) is 0. The van der Waals surface area contributed by atoms with Gasteiger partial charge >= 0.3 is 0 Å². The van der Waals surface area contributed by atoms with E-state index in [2.05, 4.69) is 16.9 Å². The largest absolute Gasteiger partial charge is 0.497 e. The van der Waals surface area contributed by atoms with E-state index in [1.807, 2.05) is 35.2 Å². The summed E-state index contributed by atoms with van der Waals surface area (Å²) in [4.78, 5) is 36.4. The van der Waals surface area contributed by atoms with Crippen LogP contribution in [0, 0.1) is 0 Å². The first-order valence-electron chi connectivity index (χ1n) is 9.66. The van der Waals surface area contributed by atoms with Gasteiger partial charge in [-0.2, -0.15) is 0 Å². The van der Waals surface area contributed by atoms with E-state index in [4.69, 9.17) is 4.74 Å². The van der Waals surface area contributed by atoms with Gasteiger partial charge in [0.15, 0.2) is 0 Å². The standard InChI is InChI=1S/C22H24N4O3/c1-24-10-12-25(13-11-24)20-19(17-5-7-18(29-2)8-6-17)21(27)26(22(20)28)15-16-4-3-9-23-14-16/h3-9,14H,10-13,15H2,1-2H3. The van der Waals surface area contributed by atoms with E-state index >= 15 is 0 Å². The molecule has 2 amide bonds. The molecule has 0 unspecified atom stereocenters. The molecule has 2 aliphatic heterocycles. The van der Waals surface area contributed by atoms with Gasteiger partial charge in [-0.15, -0.1) is 0 Å². The summed E-state index contributed by atoms with van der Waals surface area (Å²) in [6, 6.07) is 11.0. The number of carbonyl (C=O) groups is 2. The topological polar surface area (TPSA) is 66.0 Å². The highest BCUT2D eigenvalue weighted by molar-refractivity contribution is 6.35. The fraction of sp³-hybridized carbons (Fsp3) is 0.318. The molecule has 1 saturated heterocycles. The zero-order chi connectivity index (χ0) is 20.4. The Morgan fingerprint density at radius 2 is 1.72 bits per heavy atom. The van der Waals surface area contributed by atoms with E-state index < -0.39 is 0 Å². The molecule has 29 heavy (non-hydrogen) atoms. The molecule has 3 heterocycles. The number of benzene rings is 1. The number of aromatic nitrogens is 1. The maximum atomic E-state index is 13.4. The number of rotatable bonds is 5. The quantitative estimate of drug-likeness (QED) is 0.721. The second-order valence-electron chi connectivity index (χ2n) is 7.30. The van der Waals surface area contributed by atoms with Crippen LogP contribution in [0.4, 0.5) is 0 Å². The highest BCUT2D eigenvalue weighted by Gasteiger charge is 2.42. The Labute approximate surface area is 170 Å². The number of ether oxygens (including phenoxy) is 1. The highest BCUT2D eigenvalue weighted by atomic mass is 16.5. The summed E-state index contributed by atoms with van der Waals surface area (Å²) in [5.41, 5.74) is 2.51. The average molecular weight is 392 g/mol. The first-order chi connectivity index (χ1) is 14.1. The lowest BCUT2D eigenvalue weighted by Crippen LogP contribution is -2.46. The maximum Gasteiger partial charge on any atom is 0.278 e. The van der Waals surface area contributed by atoms with Gasteiger partial charge in [0.1, 0.15) is 11.4 Å². The molecule has 2 aliphatic rings. The van der Waals surface area contributed by atoms with E-state index in [1.165, 1.54) is 4.90 Å². The Balaban J connectivity index is 1.72. The van der Waals surface area contributed by atoms with E-state index in [0.717, 1.165) is 24.2 Å². The zero-order valence-corrected chi connectivity index (χ0v) is 16.7. The van der Waals surface area contributed by atoms with Gasteiger partial charge < -0.3 is 14.5 Å². The molecule has 150 valence electrons. The summed E-state index contributed by atoms with van der Waals surface area (Å²) < 4.78 is 5.23. The SMILES string of the molecule is COc1ccc(C2=C(N3CCN(C)CC3)C(=O)N(Cc3cccnc3)C2=O)cc1. The minimum Gasteiger partial charge on any atom is -0.497 e. The Bertz CT molecular complexity index is 932. The normalized spacial score (nSPS) is 18.0. The smallest absolute Gasteiger partial charge is 0.278 e. The Kier molecular flexibility index (Phi) is 5.31. The predicted molar refractivity (Wildman–Crippen MR) is 109 cm³/mol. The van der Waals surface area contributed by atoms with Crippen LogP contribution < -0.4 is 4.74 Å². The summed E-state index contributed by atoms with van der Waals surface area (Å²) >= 11 is 0. The molecular weight excluding hydrogens is 368 g/mol. The molecular formula is C22H24N4O3. The van der Waals surface area contributed by atoms with Crippen LogP contribution in [-0.4, -0.2) is 71.8 Å². The van der Waals surface area contributed by atoms with Crippen LogP contribution in [-0.2, 0) is 16.1 Å². The predicted octanol–water partition coefficient (Wildman–Crippen LogP) is 1.62. The van der Waals surface area contributed by atoms with E-state index in [-0.39, 0.29) is 18.4 Å². The lowest BCUT2D eigenvalue weighted by atomic mass is 10.0. The molecule has 0 radical (unpaired) electrons. The van der Waals surface area contributed by atoms with Crippen molar-refractivity contribution in [2.45, 2.75) is 6.54 Å². The van der Waals surface area contributed by atoms with Crippen molar-refractivity contribution in [2.24, 2.45) is 0 Å². The fourth-order valence-corrected chi connectivity index (χ4v) is 3.72. The molecule has 7 nitrogen and oxygen atoms in total. The number of carbonyl (C=O) groups excluding carboxylic acids is 2. The van der Waals surface area contributed by atoms with Crippen LogP contribution in [0.2, 0.25) is 0 Å². The second kappa shape index (κ2) is 8.05. The average Bonchev–Trinajstić information content (AvgIpc) is 3.00. The summed E-state index contributed by atoms with van der Waals surface area (Å²) in [7, 11) is 3.66. The van der Waals surface area contributed by atoms with Crippen LogP contribution in [0.15, 0.2) is 54.5 Å². The maximum absolute atomic E-state index is 13.4. The van der Waals surface area contributed by atoms with Gasteiger partial charge in [0.2, 0.25) is 0 Å². The number of likely N-dealkylation sites (N-methyl/N-ethyl adjacent to an activating group) is 1. The van der Waals surface area contributed by atoms with E-state index in [1.54, 1.807) is 25.6 Å². The van der Waals surface area contributed by atoms with Crippen molar-refractivity contribution >= 4 is 17.4 Å². The Morgan fingerprint density at radius 3 is 2.34 bits per heavy atom. The first kappa shape index (κ1) is 19.1. The molecule has 0 bridgehead atoms. The lowest BCUT2D eigenvalue weighted by Gasteiger charge is -2.34. The molecule has 1 aromatic heterocycles. The molecule has 0 saturated carbocycles. The van der Waals surface area contributed by atoms with Crippen molar-refractivity contribution in [1.29, 1.82) is 0 Å². The molecule has 7 heteroatoms. The van der Waals surface area contributed by atoms with Crippen molar-refractivity contribution in [3.05, 3.63) is 65.6 Å². The second-order valence-corrected chi connectivity index (χ2v) is 7.30. The van der Waals surface area contributed by atoms with E-state index in [9.17, 15) is 9.59 Å². The molecule has 0 aliphatic carbocycles. The summed E-state index contributed by atoms with van der Waals surface area (Å²) in [6.07, 6.45) is 3.36. The van der Waals surface area contributed by atoms with E-state index in [0.29, 0.717) is 30.1 Å². The molecule has 2 aromatic rings. The van der Waals surface area contributed by atoms with Crippen LogP contribution in [0.25, 0.3) is 5.57 Å². The number of pyridine rings is 1. The molecule has 0 spiro atoms. The highest BCUT2D eigenvalue weighted by Crippen LogP contribution is 2.33. The third kappa shape index (κ3) is 3.73. The van der Waals surface area contributed by atoms with Gasteiger partial charge in [-0.3, -0.25) is 19.5 Å². The van der Waals surface area contributed by atoms with Crippen LogP contribution in [0.3, 0.4) is 0 Å².